The SMILES string of the molecule is COc1cc(OC[C@H]2CCCN2C(=O)OC(C)(C)C)c2cc(-c3cn4nc(OC)sc4n3)oc2c1. The van der Waals surface area contributed by atoms with E-state index < -0.39 is 5.60 Å². The monoisotopic (exact) mass is 500 g/mol. The molecular weight excluding hydrogens is 472 g/mol. The van der Waals surface area contributed by atoms with Gasteiger partial charge in [-0.3, -0.25) is 0 Å². The molecule has 0 unspecified atom stereocenters. The first-order valence-corrected chi connectivity index (χ1v) is 12.2. The number of amides is 1. The lowest BCUT2D eigenvalue weighted by Crippen LogP contribution is -2.42. The molecule has 1 aromatic carbocycles. The fraction of sp³-hybridized carbons (Fsp3) is 0.458. The molecule has 10 nitrogen and oxygen atoms in total. The van der Waals surface area contributed by atoms with Crippen LogP contribution in [0.2, 0.25) is 0 Å². The number of rotatable bonds is 6. The average molecular weight is 501 g/mol. The number of imidazole rings is 1. The molecule has 1 atom stereocenters. The summed E-state index contributed by atoms with van der Waals surface area (Å²) in [6.07, 6.45) is 3.24. The van der Waals surface area contributed by atoms with Gasteiger partial charge in [-0.1, -0.05) is 0 Å². The Morgan fingerprint density at radius 1 is 1.23 bits per heavy atom. The molecule has 0 bridgehead atoms. The molecule has 4 heterocycles. The molecule has 0 radical (unpaired) electrons. The third-order valence-corrected chi connectivity index (χ3v) is 6.58. The molecule has 0 aliphatic carbocycles. The smallest absolute Gasteiger partial charge is 0.410 e. The number of furan rings is 1. The maximum atomic E-state index is 12.6. The highest BCUT2D eigenvalue weighted by Gasteiger charge is 2.33. The maximum Gasteiger partial charge on any atom is 0.410 e. The number of aromatic nitrogens is 3. The highest BCUT2D eigenvalue weighted by Crippen LogP contribution is 2.37. The molecule has 186 valence electrons. The second-order valence-electron chi connectivity index (χ2n) is 9.35. The van der Waals surface area contributed by atoms with Crippen molar-refractivity contribution in [2.45, 2.75) is 45.3 Å². The van der Waals surface area contributed by atoms with Crippen LogP contribution in [-0.4, -0.2) is 64.6 Å². The van der Waals surface area contributed by atoms with Crippen LogP contribution in [0.5, 0.6) is 16.7 Å². The summed E-state index contributed by atoms with van der Waals surface area (Å²) in [6, 6.07) is 5.47. The summed E-state index contributed by atoms with van der Waals surface area (Å²) in [7, 11) is 3.17. The standard InChI is InChI=1S/C24H28N4O6S/c1-24(2,3)34-23(29)27-8-6-7-14(27)13-32-18-9-15(30-4)10-19-16(18)11-20(33-19)17-12-28-21(25-17)35-22(26-28)31-5/h9-12,14H,6-8,13H2,1-5H3/t14-/m1/s1. The van der Waals surface area contributed by atoms with Crippen LogP contribution in [0.25, 0.3) is 27.4 Å². The number of carbonyl (C=O) groups is 1. The number of hydrogen-bond acceptors (Lipinski definition) is 9. The largest absolute Gasteiger partial charge is 0.496 e. The molecule has 1 fully saturated rings. The zero-order chi connectivity index (χ0) is 24.7. The summed E-state index contributed by atoms with van der Waals surface area (Å²) < 4.78 is 30.2. The molecule has 1 aliphatic heterocycles. The summed E-state index contributed by atoms with van der Waals surface area (Å²) in [5.41, 5.74) is 0.727. The van der Waals surface area contributed by atoms with Crippen molar-refractivity contribution in [2.75, 3.05) is 27.4 Å². The van der Waals surface area contributed by atoms with Crippen LogP contribution in [0, 0.1) is 0 Å². The van der Waals surface area contributed by atoms with E-state index in [-0.39, 0.29) is 12.1 Å². The molecule has 11 heteroatoms. The Labute approximate surface area is 206 Å². The lowest BCUT2D eigenvalue weighted by Gasteiger charge is -2.28. The van der Waals surface area contributed by atoms with Gasteiger partial charge in [0, 0.05) is 18.7 Å². The van der Waals surface area contributed by atoms with Crippen molar-refractivity contribution in [3.8, 4) is 28.1 Å². The number of hydrogen-bond donors (Lipinski definition) is 0. The summed E-state index contributed by atoms with van der Waals surface area (Å²) in [6.45, 7) is 6.60. The Kier molecular flexibility index (Phi) is 5.96. The van der Waals surface area contributed by atoms with Gasteiger partial charge >= 0.3 is 6.09 Å². The predicted molar refractivity (Wildman–Crippen MR) is 131 cm³/mol. The first-order chi connectivity index (χ1) is 16.7. The van der Waals surface area contributed by atoms with Gasteiger partial charge in [0.15, 0.2) is 5.76 Å². The number of likely N-dealkylation sites (tertiary alicyclic amines) is 1. The van der Waals surface area contributed by atoms with Gasteiger partial charge in [-0.05, 0) is 51.0 Å². The Morgan fingerprint density at radius 2 is 2.06 bits per heavy atom. The van der Waals surface area contributed by atoms with E-state index >= 15 is 0 Å². The molecule has 0 N–H and O–H groups in total. The van der Waals surface area contributed by atoms with Crippen LogP contribution >= 0.6 is 11.3 Å². The van der Waals surface area contributed by atoms with Crippen LogP contribution in [-0.2, 0) is 4.74 Å². The molecule has 5 rings (SSSR count). The van der Waals surface area contributed by atoms with E-state index in [9.17, 15) is 4.79 Å². The van der Waals surface area contributed by atoms with Gasteiger partial charge < -0.3 is 28.3 Å². The molecule has 1 saturated heterocycles. The number of benzene rings is 1. The fourth-order valence-electron chi connectivity index (χ4n) is 4.09. The minimum Gasteiger partial charge on any atom is -0.496 e. The van der Waals surface area contributed by atoms with E-state index in [4.69, 9.17) is 23.4 Å². The van der Waals surface area contributed by atoms with Crippen molar-refractivity contribution >= 4 is 33.4 Å². The first-order valence-electron chi connectivity index (χ1n) is 11.4. The summed E-state index contributed by atoms with van der Waals surface area (Å²) in [4.78, 5) is 19.7. The van der Waals surface area contributed by atoms with E-state index in [1.807, 2.05) is 39.0 Å². The number of nitrogens with zero attached hydrogens (tertiary/aromatic N) is 4. The number of ether oxygens (including phenoxy) is 4. The van der Waals surface area contributed by atoms with E-state index in [0.717, 1.165) is 18.2 Å². The van der Waals surface area contributed by atoms with Crippen LogP contribution in [0.15, 0.2) is 28.8 Å². The van der Waals surface area contributed by atoms with Gasteiger partial charge in [0.1, 0.15) is 35.0 Å². The highest BCUT2D eigenvalue weighted by molar-refractivity contribution is 7.18. The van der Waals surface area contributed by atoms with Crippen LogP contribution < -0.4 is 14.2 Å². The normalized spacial score (nSPS) is 16.3. The van der Waals surface area contributed by atoms with Crippen LogP contribution in [0.3, 0.4) is 0 Å². The Balaban J connectivity index is 1.39. The molecule has 4 aromatic rings. The zero-order valence-corrected chi connectivity index (χ0v) is 21.2. The quantitative estimate of drug-likeness (QED) is 0.365. The van der Waals surface area contributed by atoms with E-state index in [1.165, 1.54) is 11.3 Å². The van der Waals surface area contributed by atoms with E-state index in [0.29, 0.717) is 51.8 Å². The molecule has 1 amide bonds. The number of fused-ring (bicyclic) bond motifs is 2. The average Bonchev–Trinajstić information content (AvgIpc) is 3.57. The van der Waals surface area contributed by atoms with E-state index in [1.54, 1.807) is 29.8 Å². The van der Waals surface area contributed by atoms with Gasteiger partial charge in [-0.25, -0.2) is 14.3 Å². The zero-order valence-electron chi connectivity index (χ0n) is 20.4. The Morgan fingerprint density at radius 3 is 2.77 bits per heavy atom. The number of carbonyl (C=O) groups excluding carboxylic acids is 1. The lowest BCUT2D eigenvalue weighted by molar-refractivity contribution is 0.0188. The minimum atomic E-state index is -0.542. The molecule has 3 aromatic heterocycles. The van der Waals surface area contributed by atoms with Crippen molar-refractivity contribution in [3.63, 3.8) is 0 Å². The van der Waals surface area contributed by atoms with Crippen molar-refractivity contribution in [3.05, 3.63) is 24.4 Å². The minimum absolute atomic E-state index is 0.0709. The third kappa shape index (κ3) is 4.72. The number of methoxy groups -OCH3 is 2. The van der Waals surface area contributed by atoms with Crippen LogP contribution in [0.4, 0.5) is 4.79 Å². The summed E-state index contributed by atoms with van der Waals surface area (Å²) >= 11 is 1.35. The molecule has 0 spiro atoms. The first kappa shape index (κ1) is 23.3. The van der Waals surface area contributed by atoms with E-state index in [2.05, 4.69) is 10.1 Å². The van der Waals surface area contributed by atoms with Crippen molar-refractivity contribution in [1.29, 1.82) is 0 Å². The second kappa shape index (κ2) is 8.95. The van der Waals surface area contributed by atoms with Crippen LogP contribution in [0.1, 0.15) is 33.6 Å². The highest BCUT2D eigenvalue weighted by atomic mass is 32.1. The van der Waals surface area contributed by atoms with Gasteiger partial charge in [-0.15, -0.1) is 5.10 Å². The fourth-order valence-corrected chi connectivity index (χ4v) is 4.78. The van der Waals surface area contributed by atoms with Gasteiger partial charge in [0.05, 0.1) is 31.8 Å². The van der Waals surface area contributed by atoms with Gasteiger partial charge in [-0.2, -0.15) is 0 Å². The molecular formula is C24H28N4O6S. The maximum absolute atomic E-state index is 12.6. The van der Waals surface area contributed by atoms with Gasteiger partial charge in [0.25, 0.3) is 5.19 Å². The summed E-state index contributed by atoms with van der Waals surface area (Å²) in [5, 5.41) is 5.65. The summed E-state index contributed by atoms with van der Waals surface area (Å²) in [5.74, 6) is 1.82. The topological polar surface area (TPSA) is 101 Å². The molecule has 0 saturated carbocycles. The Hall–Kier alpha value is -3.47. The van der Waals surface area contributed by atoms with Crippen molar-refractivity contribution in [1.82, 2.24) is 19.5 Å². The second-order valence-corrected chi connectivity index (χ2v) is 10.3. The molecule has 35 heavy (non-hydrogen) atoms. The molecule has 1 aliphatic rings. The van der Waals surface area contributed by atoms with Crippen molar-refractivity contribution < 1.29 is 28.2 Å². The predicted octanol–water partition coefficient (Wildman–Crippen LogP) is 5.00. The van der Waals surface area contributed by atoms with Crippen molar-refractivity contribution in [2.24, 2.45) is 0 Å². The Bertz CT molecular complexity index is 1340. The lowest BCUT2D eigenvalue weighted by atomic mass is 10.2. The third-order valence-electron chi connectivity index (χ3n) is 5.70. The van der Waals surface area contributed by atoms with Gasteiger partial charge in [0.2, 0.25) is 4.96 Å².